The van der Waals surface area contributed by atoms with Gasteiger partial charge in [-0.15, -0.1) is 0 Å². The van der Waals surface area contributed by atoms with Gasteiger partial charge in [-0.25, -0.2) is 4.98 Å². The van der Waals surface area contributed by atoms with Gasteiger partial charge >= 0.3 is 0 Å². The molecule has 0 radical (unpaired) electrons. The van der Waals surface area contributed by atoms with E-state index in [-0.39, 0.29) is 12.5 Å². The highest BCUT2D eigenvalue weighted by atomic mass is 16.5. The summed E-state index contributed by atoms with van der Waals surface area (Å²) in [6.07, 6.45) is 1.47. The lowest BCUT2D eigenvalue weighted by Crippen LogP contribution is -2.38. The maximum atomic E-state index is 12.5. The molecule has 7 nitrogen and oxygen atoms in total. The Labute approximate surface area is 132 Å². The highest BCUT2D eigenvalue weighted by Crippen LogP contribution is 2.23. The summed E-state index contributed by atoms with van der Waals surface area (Å²) < 4.78 is 10.3. The van der Waals surface area contributed by atoms with Gasteiger partial charge in [-0.2, -0.15) is 0 Å². The summed E-state index contributed by atoms with van der Waals surface area (Å²) in [4.78, 5) is 16.7. The second-order valence-corrected chi connectivity index (χ2v) is 5.69. The van der Waals surface area contributed by atoms with E-state index in [1.54, 1.807) is 39.0 Å². The zero-order valence-corrected chi connectivity index (χ0v) is 13.1. The average Bonchev–Trinajstić information content (AvgIpc) is 3.15. The molecule has 0 aliphatic heterocycles. The van der Waals surface area contributed by atoms with Crippen molar-refractivity contribution in [1.82, 2.24) is 15.5 Å². The standard InChI is InChI=1S/C16H17N3O4/c1-9-7-11(13-10(2)19-23-15(13)18-9)14(20)17-8-16(3,21)12-5-4-6-22-12/h4-7,21H,8H2,1-3H3,(H,17,20). The first-order valence-corrected chi connectivity index (χ1v) is 7.16. The zero-order valence-electron chi connectivity index (χ0n) is 13.1. The van der Waals surface area contributed by atoms with Gasteiger partial charge in [0.1, 0.15) is 11.4 Å². The highest BCUT2D eigenvalue weighted by Gasteiger charge is 2.27. The summed E-state index contributed by atoms with van der Waals surface area (Å²) in [7, 11) is 0. The molecule has 0 spiro atoms. The van der Waals surface area contributed by atoms with Crippen molar-refractivity contribution >= 4 is 17.0 Å². The lowest BCUT2D eigenvalue weighted by Gasteiger charge is -2.21. The fourth-order valence-corrected chi connectivity index (χ4v) is 2.42. The van der Waals surface area contributed by atoms with Crippen molar-refractivity contribution in [2.24, 2.45) is 0 Å². The summed E-state index contributed by atoms with van der Waals surface area (Å²) >= 11 is 0. The third kappa shape index (κ3) is 2.83. The van der Waals surface area contributed by atoms with E-state index in [4.69, 9.17) is 8.94 Å². The van der Waals surface area contributed by atoms with Gasteiger partial charge < -0.3 is 19.4 Å². The van der Waals surface area contributed by atoms with Crippen molar-refractivity contribution in [2.75, 3.05) is 6.54 Å². The molecule has 0 aliphatic carbocycles. The molecule has 0 aromatic carbocycles. The maximum absolute atomic E-state index is 12.5. The van der Waals surface area contributed by atoms with Crippen LogP contribution < -0.4 is 5.32 Å². The van der Waals surface area contributed by atoms with Crippen molar-refractivity contribution in [2.45, 2.75) is 26.4 Å². The van der Waals surface area contributed by atoms with Crippen molar-refractivity contribution < 1.29 is 18.8 Å². The van der Waals surface area contributed by atoms with Gasteiger partial charge in [0, 0.05) is 5.69 Å². The summed E-state index contributed by atoms with van der Waals surface area (Å²) in [6.45, 7) is 5.10. The molecule has 7 heteroatoms. The highest BCUT2D eigenvalue weighted by molar-refractivity contribution is 6.06. The molecule has 1 amide bonds. The number of aromatic nitrogens is 2. The predicted molar refractivity (Wildman–Crippen MR) is 81.9 cm³/mol. The Balaban J connectivity index is 1.85. The second-order valence-electron chi connectivity index (χ2n) is 5.69. The number of amides is 1. The van der Waals surface area contributed by atoms with Gasteiger partial charge in [0.05, 0.1) is 29.5 Å². The fourth-order valence-electron chi connectivity index (χ4n) is 2.42. The number of carbonyl (C=O) groups is 1. The van der Waals surface area contributed by atoms with Gasteiger partial charge in [-0.3, -0.25) is 4.79 Å². The molecule has 1 unspecified atom stereocenters. The minimum Gasteiger partial charge on any atom is -0.466 e. The Kier molecular flexibility index (Phi) is 3.65. The quantitative estimate of drug-likeness (QED) is 0.764. The van der Waals surface area contributed by atoms with Crippen LogP contribution in [0.3, 0.4) is 0 Å². The van der Waals surface area contributed by atoms with E-state index >= 15 is 0 Å². The van der Waals surface area contributed by atoms with Gasteiger partial charge in [0.25, 0.3) is 11.6 Å². The van der Waals surface area contributed by atoms with Gasteiger partial charge in [-0.1, -0.05) is 5.16 Å². The van der Waals surface area contributed by atoms with Crippen LogP contribution in [0, 0.1) is 13.8 Å². The molecule has 3 rings (SSSR count). The summed E-state index contributed by atoms with van der Waals surface area (Å²) in [5, 5.41) is 17.5. The SMILES string of the molecule is Cc1cc(C(=O)NCC(C)(O)c2ccco2)c2c(C)noc2n1. The number of fused-ring (bicyclic) bond motifs is 1. The number of hydrogen-bond acceptors (Lipinski definition) is 6. The van der Waals surface area contributed by atoms with Crippen LogP contribution in [0.25, 0.3) is 11.1 Å². The van der Waals surface area contributed by atoms with Gasteiger partial charge in [0.2, 0.25) is 0 Å². The fraction of sp³-hybridized carbons (Fsp3) is 0.312. The second kappa shape index (κ2) is 5.51. The van der Waals surface area contributed by atoms with Crippen LogP contribution in [0.15, 0.2) is 33.4 Å². The van der Waals surface area contributed by atoms with E-state index < -0.39 is 5.60 Å². The Morgan fingerprint density at radius 2 is 2.22 bits per heavy atom. The van der Waals surface area contributed by atoms with Crippen molar-refractivity contribution in [3.63, 3.8) is 0 Å². The third-order valence-electron chi connectivity index (χ3n) is 3.63. The van der Waals surface area contributed by atoms with E-state index in [1.807, 2.05) is 0 Å². The molecule has 0 saturated heterocycles. The number of hydrogen-bond donors (Lipinski definition) is 2. The average molecular weight is 315 g/mol. The minimum absolute atomic E-state index is 0.00649. The van der Waals surface area contributed by atoms with Crippen LogP contribution in [0.4, 0.5) is 0 Å². The first kappa shape index (κ1) is 15.2. The Morgan fingerprint density at radius 1 is 1.43 bits per heavy atom. The maximum Gasteiger partial charge on any atom is 0.258 e. The molecular formula is C16H17N3O4. The number of furan rings is 1. The molecule has 3 aromatic rings. The first-order chi connectivity index (χ1) is 10.9. The molecule has 0 bridgehead atoms. The van der Waals surface area contributed by atoms with Crippen LogP contribution >= 0.6 is 0 Å². The topological polar surface area (TPSA) is 101 Å². The number of pyridine rings is 1. The number of nitrogens with zero attached hydrogens (tertiary/aromatic N) is 2. The molecular weight excluding hydrogens is 298 g/mol. The number of rotatable bonds is 4. The van der Waals surface area contributed by atoms with Crippen LogP contribution in [0.2, 0.25) is 0 Å². The molecule has 3 aromatic heterocycles. The van der Waals surface area contributed by atoms with Crippen LogP contribution in [-0.2, 0) is 5.60 Å². The molecule has 3 heterocycles. The van der Waals surface area contributed by atoms with E-state index in [2.05, 4.69) is 15.5 Å². The Hall–Kier alpha value is -2.67. The Bertz CT molecular complexity index is 850. The summed E-state index contributed by atoms with van der Waals surface area (Å²) in [6, 6.07) is 5.01. The molecule has 23 heavy (non-hydrogen) atoms. The molecule has 120 valence electrons. The van der Waals surface area contributed by atoms with E-state index in [0.717, 1.165) is 0 Å². The molecule has 0 fully saturated rings. The lowest BCUT2D eigenvalue weighted by atomic mass is 10.0. The molecule has 0 saturated carbocycles. The number of aryl methyl sites for hydroxylation is 2. The zero-order chi connectivity index (χ0) is 16.6. The summed E-state index contributed by atoms with van der Waals surface area (Å²) in [5.41, 5.74) is 0.684. The Morgan fingerprint density at radius 3 is 2.91 bits per heavy atom. The number of nitrogens with one attached hydrogen (secondary N) is 1. The van der Waals surface area contributed by atoms with Crippen molar-refractivity contribution in [3.05, 3.63) is 47.2 Å². The number of carbonyl (C=O) groups excluding carboxylic acids is 1. The van der Waals surface area contributed by atoms with Gasteiger partial charge in [0.15, 0.2) is 0 Å². The lowest BCUT2D eigenvalue weighted by molar-refractivity contribution is 0.0330. The third-order valence-corrected chi connectivity index (χ3v) is 3.63. The van der Waals surface area contributed by atoms with E-state index in [9.17, 15) is 9.90 Å². The monoisotopic (exact) mass is 315 g/mol. The van der Waals surface area contributed by atoms with Crippen LogP contribution in [0.5, 0.6) is 0 Å². The van der Waals surface area contributed by atoms with Crippen LogP contribution in [-0.4, -0.2) is 27.7 Å². The van der Waals surface area contributed by atoms with E-state index in [1.165, 1.54) is 6.26 Å². The van der Waals surface area contributed by atoms with Crippen molar-refractivity contribution in [1.29, 1.82) is 0 Å². The molecule has 0 aliphatic rings. The molecule has 1 atom stereocenters. The summed E-state index contributed by atoms with van der Waals surface area (Å²) in [5.74, 6) is 0.0497. The van der Waals surface area contributed by atoms with Crippen molar-refractivity contribution in [3.8, 4) is 0 Å². The molecule has 2 N–H and O–H groups in total. The predicted octanol–water partition coefficient (Wildman–Crippen LogP) is 2.07. The minimum atomic E-state index is -1.30. The normalized spacial score (nSPS) is 13.9. The van der Waals surface area contributed by atoms with Gasteiger partial charge in [-0.05, 0) is 39.0 Å². The van der Waals surface area contributed by atoms with E-state index in [0.29, 0.717) is 33.8 Å². The smallest absolute Gasteiger partial charge is 0.258 e. The number of aliphatic hydroxyl groups is 1. The largest absolute Gasteiger partial charge is 0.466 e. The van der Waals surface area contributed by atoms with Crippen LogP contribution in [0.1, 0.15) is 34.4 Å². The first-order valence-electron chi connectivity index (χ1n) is 7.16.